The van der Waals surface area contributed by atoms with Crippen molar-refractivity contribution < 1.29 is 9.59 Å². The first-order valence-electron chi connectivity index (χ1n) is 4.01. The first kappa shape index (κ1) is 10.0. The summed E-state index contributed by atoms with van der Waals surface area (Å²) in [7, 11) is 0. The highest BCUT2D eigenvalue weighted by molar-refractivity contribution is 5.95. The van der Waals surface area contributed by atoms with Gasteiger partial charge >= 0.3 is 0 Å². The Morgan fingerprint density at radius 1 is 1.50 bits per heavy atom. The van der Waals surface area contributed by atoms with Gasteiger partial charge < -0.3 is 5.73 Å². The Balaban J connectivity index is 3.13. The first-order chi connectivity index (χ1) is 6.65. The van der Waals surface area contributed by atoms with E-state index in [2.05, 4.69) is 11.8 Å². The molecule has 0 aliphatic carbocycles. The summed E-state index contributed by atoms with van der Waals surface area (Å²) in [5.74, 6) is 4.78. The second-order valence-electron chi connectivity index (χ2n) is 2.75. The predicted octanol–water partition coefficient (Wildman–Crippen LogP) is 1.02. The fourth-order valence-corrected chi connectivity index (χ4v) is 1.00. The molecule has 0 fully saturated rings. The Kier molecular flexibility index (Phi) is 3.03. The Labute approximate surface area is 81.9 Å². The topological polar surface area (TPSA) is 60.2 Å². The molecule has 3 nitrogen and oxygen atoms in total. The van der Waals surface area contributed by atoms with Crippen LogP contribution >= 0.6 is 0 Å². The van der Waals surface area contributed by atoms with Crippen LogP contribution in [-0.2, 0) is 4.79 Å². The lowest BCUT2D eigenvalue weighted by Crippen LogP contribution is -1.96. The lowest BCUT2D eigenvalue weighted by atomic mass is 10.1. The van der Waals surface area contributed by atoms with Gasteiger partial charge in [0.1, 0.15) is 0 Å². The number of ketones is 1. The van der Waals surface area contributed by atoms with Crippen LogP contribution in [0.1, 0.15) is 22.8 Å². The van der Waals surface area contributed by atoms with E-state index < -0.39 is 0 Å². The summed E-state index contributed by atoms with van der Waals surface area (Å²) >= 11 is 0. The van der Waals surface area contributed by atoms with Gasteiger partial charge in [-0.05, 0) is 25.0 Å². The third-order valence-electron chi connectivity index (χ3n) is 1.72. The number of nitrogens with two attached hydrogens (primary N) is 1. The summed E-state index contributed by atoms with van der Waals surface area (Å²) in [5.41, 5.74) is 7.14. The summed E-state index contributed by atoms with van der Waals surface area (Å²) < 4.78 is 0. The van der Waals surface area contributed by atoms with Crippen LogP contribution in [0.15, 0.2) is 18.2 Å². The molecule has 0 bridgehead atoms. The Bertz CT molecular complexity index is 438. The SMILES string of the molecule is CC(=O)c1ccc(C#CC=O)c(N)c1. The van der Waals surface area contributed by atoms with E-state index in [4.69, 9.17) is 5.73 Å². The van der Waals surface area contributed by atoms with Crippen molar-refractivity contribution in [2.75, 3.05) is 5.73 Å². The predicted molar refractivity (Wildman–Crippen MR) is 53.8 cm³/mol. The number of rotatable bonds is 1. The highest BCUT2D eigenvalue weighted by Crippen LogP contribution is 2.13. The molecule has 0 aliphatic heterocycles. The average molecular weight is 187 g/mol. The molecular formula is C11H9NO2. The molecular weight excluding hydrogens is 178 g/mol. The van der Waals surface area contributed by atoms with E-state index in [-0.39, 0.29) is 5.78 Å². The second-order valence-corrected chi connectivity index (χ2v) is 2.75. The van der Waals surface area contributed by atoms with Gasteiger partial charge in [0, 0.05) is 16.8 Å². The van der Waals surface area contributed by atoms with Crippen molar-refractivity contribution >= 4 is 17.8 Å². The summed E-state index contributed by atoms with van der Waals surface area (Å²) in [5, 5.41) is 0. The summed E-state index contributed by atoms with van der Waals surface area (Å²) in [4.78, 5) is 21.0. The lowest BCUT2D eigenvalue weighted by Gasteiger charge is -2.00. The van der Waals surface area contributed by atoms with Crippen LogP contribution in [0.25, 0.3) is 0 Å². The molecule has 0 radical (unpaired) electrons. The van der Waals surface area contributed by atoms with Crippen LogP contribution in [-0.4, -0.2) is 12.1 Å². The molecule has 1 aromatic carbocycles. The molecule has 0 unspecified atom stereocenters. The minimum absolute atomic E-state index is 0.0494. The van der Waals surface area contributed by atoms with Gasteiger partial charge in [-0.3, -0.25) is 9.59 Å². The number of anilines is 1. The van der Waals surface area contributed by atoms with Crippen LogP contribution in [0.4, 0.5) is 5.69 Å². The maximum atomic E-state index is 11.0. The molecule has 0 spiro atoms. The molecule has 0 atom stereocenters. The second kappa shape index (κ2) is 4.24. The van der Waals surface area contributed by atoms with Crippen LogP contribution in [0, 0.1) is 11.8 Å². The zero-order valence-corrected chi connectivity index (χ0v) is 7.70. The molecule has 3 heteroatoms. The van der Waals surface area contributed by atoms with E-state index >= 15 is 0 Å². The first-order valence-corrected chi connectivity index (χ1v) is 4.01. The molecule has 14 heavy (non-hydrogen) atoms. The zero-order chi connectivity index (χ0) is 10.6. The van der Waals surface area contributed by atoms with Gasteiger partial charge in [-0.2, -0.15) is 0 Å². The van der Waals surface area contributed by atoms with Crippen molar-refractivity contribution in [3.63, 3.8) is 0 Å². The van der Waals surface area contributed by atoms with Crippen molar-refractivity contribution in [2.45, 2.75) is 6.92 Å². The highest BCUT2D eigenvalue weighted by Gasteiger charge is 2.01. The summed E-state index contributed by atoms with van der Waals surface area (Å²) in [6.07, 6.45) is 0.498. The van der Waals surface area contributed by atoms with Crippen molar-refractivity contribution in [1.82, 2.24) is 0 Å². The monoisotopic (exact) mass is 187 g/mol. The van der Waals surface area contributed by atoms with E-state index in [1.807, 2.05) is 0 Å². The van der Waals surface area contributed by atoms with E-state index in [9.17, 15) is 9.59 Å². The number of hydrogen-bond donors (Lipinski definition) is 1. The van der Waals surface area contributed by atoms with Crippen LogP contribution in [0.2, 0.25) is 0 Å². The molecule has 1 aromatic rings. The molecule has 0 aromatic heterocycles. The molecule has 2 N–H and O–H groups in total. The quantitative estimate of drug-likeness (QED) is 0.309. The number of nitrogen functional groups attached to an aromatic ring is 1. The Morgan fingerprint density at radius 2 is 2.21 bits per heavy atom. The Morgan fingerprint density at radius 3 is 2.71 bits per heavy atom. The standard InChI is InChI=1S/C11H9NO2/c1-8(14)10-5-4-9(3-2-6-13)11(12)7-10/h4-7H,12H2,1H3. The molecule has 0 saturated carbocycles. The number of carbonyl (C=O) groups is 2. The summed E-state index contributed by atoms with van der Waals surface area (Å²) in [6.45, 7) is 1.46. The van der Waals surface area contributed by atoms with Gasteiger partial charge in [-0.15, -0.1) is 0 Å². The molecule has 0 amide bonds. The smallest absolute Gasteiger partial charge is 0.193 e. The summed E-state index contributed by atoms with van der Waals surface area (Å²) in [6, 6.07) is 4.81. The number of carbonyl (C=O) groups excluding carboxylic acids is 2. The van der Waals surface area contributed by atoms with Crippen molar-refractivity contribution in [3.05, 3.63) is 29.3 Å². The number of aldehydes is 1. The van der Waals surface area contributed by atoms with E-state index in [0.29, 0.717) is 23.1 Å². The lowest BCUT2D eigenvalue weighted by molar-refractivity contribution is -0.103. The number of Topliss-reactive ketones (excluding diaryl/α,β-unsaturated/α-hetero) is 1. The normalized spacial score (nSPS) is 8.64. The molecule has 0 aliphatic rings. The number of benzene rings is 1. The molecule has 1 rings (SSSR count). The zero-order valence-electron chi connectivity index (χ0n) is 7.70. The molecule has 0 saturated heterocycles. The van der Waals surface area contributed by atoms with Gasteiger partial charge in [0.25, 0.3) is 0 Å². The van der Waals surface area contributed by atoms with Crippen LogP contribution in [0.5, 0.6) is 0 Å². The van der Waals surface area contributed by atoms with Crippen molar-refractivity contribution in [1.29, 1.82) is 0 Å². The van der Waals surface area contributed by atoms with Gasteiger partial charge in [0.2, 0.25) is 0 Å². The maximum Gasteiger partial charge on any atom is 0.193 e. The fraction of sp³-hybridized carbons (Fsp3) is 0.0909. The third kappa shape index (κ3) is 2.20. The largest absolute Gasteiger partial charge is 0.398 e. The van der Waals surface area contributed by atoms with Gasteiger partial charge in [0.15, 0.2) is 12.1 Å². The molecule has 0 heterocycles. The van der Waals surface area contributed by atoms with Gasteiger partial charge in [-0.1, -0.05) is 12.0 Å². The van der Waals surface area contributed by atoms with Crippen LogP contribution in [0.3, 0.4) is 0 Å². The van der Waals surface area contributed by atoms with Gasteiger partial charge in [-0.25, -0.2) is 0 Å². The number of hydrogen-bond acceptors (Lipinski definition) is 3. The third-order valence-corrected chi connectivity index (χ3v) is 1.72. The maximum absolute atomic E-state index is 11.0. The minimum Gasteiger partial charge on any atom is -0.398 e. The Hall–Kier alpha value is -2.08. The van der Waals surface area contributed by atoms with Crippen LogP contribution < -0.4 is 5.73 Å². The molecule has 70 valence electrons. The van der Waals surface area contributed by atoms with E-state index in [0.717, 1.165) is 0 Å². The highest BCUT2D eigenvalue weighted by atomic mass is 16.1. The average Bonchev–Trinajstić information content (AvgIpc) is 2.15. The van der Waals surface area contributed by atoms with Crippen molar-refractivity contribution in [3.8, 4) is 11.8 Å². The van der Waals surface area contributed by atoms with Crippen molar-refractivity contribution in [2.24, 2.45) is 0 Å². The van der Waals surface area contributed by atoms with E-state index in [1.54, 1.807) is 18.2 Å². The fourth-order valence-electron chi connectivity index (χ4n) is 1.00. The minimum atomic E-state index is -0.0494. The van der Waals surface area contributed by atoms with E-state index in [1.165, 1.54) is 6.92 Å². The van der Waals surface area contributed by atoms with Gasteiger partial charge in [0.05, 0.1) is 0 Å².